The van der Waals surface area contributed by atoms with Crippen molar-refractivity contribution in [3.05, 3.63) is 0 Å². The van der Waals surface area contributed by atoms with Gasteiger partial charge in [0.15, 0.2) is 0 Å². The van der Waals surface area contributed by atoms with Crippen LogP contribution in [0.1, 0.15) is 19.8 Å². The van der Waals surface area contributed by atoms with Gasteiger partial charge in [-0.15, -0.1) is 0 Å². The lowest BCUT2D eigenvalue weighted by Gasteiger charge is -2.30. The predicted octanol–water partition coefficient (Wildman–Crippen LogP) is 0.518. The molecule has 0 heterocycles. The van der Waals surface area contributed by atoms with E-state index in [1.807, 2.05) is 0 Å². The normalized spacial score (nSPS) is 36.1. The second-order valence-corrected chi connectivity index (χ2v) is 2.56. The van der Waals surface area contributed by atoms with Crippen LogP contribution in [0.15, 0.2) is 0 Å². The molecule has 1 aliphatic rings. The number of hydrogen-bond donors (Lipinski definition) is 1. The smallest absolute Gasteiger partial charge is 0.220 e. The van der Waals surface area contributed by atoms with Crippen LogP contribution in [0.25, 0.3) is 0 Å². The number of hydrogen-bond acceptors (Lipinski definition) is 1. The zero-order valence-electron chi connectivity index (χ0n) is 5.05. The van der Waals surface area contributed by atoms with Gasteiger partial charge in [0, 0.05) is 5.92 Å². The fraction of sp³-hybridized carbons (Fsp3) is 0.833. The largest absolute Gasteiger partial charge is 0.369 e. The molecule has 1 fully saturated rings. The lowest BCUT2D eigenvalue weighted by Crippen LogP contribution is -2.35. The molecule has 0 bridgehead atoms. The van der Waals surface area contributed by atoms with Crippen molar-refractivity contribution in [2.75, 3.05) is 0 Å². The van der Waals surface area contributed by atoms with Crippen molar-refractivity contribution in [3.8, 4) is 0 Å². The summed E-state index contributed by atoms with van der Waals surface area (Å²) >= 11 is 0. The van der Waals surface area contributed by atoms with E-state index >= 15 is 0 Å². The maximum Gasteiger partial charge on any atom is 0.220 e. The third-order valence-corrected chi connectivity index (χ3v) is 1.99. The van der Waals surface area contributed by atoms with Gasteiger partial charge in [-0.3, -0.25) is 4.79 Å². The van der Waals surface area contributed by atoms with Crippen molar-refractivity contribution in [1.29, 1.82) is 0 Å². The van der Waals surface area contributed by atoms with E-state index in [4.69, 9.17) is 5.73 Å². The van der Waals surface area contributed by atoms with Gasteiger partial charge in [0.25, 0.3) is 0 Å². The Morgan fingerprint density at radius 2 is 2.25 bits per heavy atom. The molecule has 1 amide bonds. The second kappa shape index (κ2) is 1.77. The summed E-state index contributed by atoms with van der Waals surface area (Å²) < 4.78 is 0. The molecule has 0 saturated heterocycles. The van der Waals surface area contributed by atoms with Gasteiger partial charge < -0.3 is 5.73 Å². The monoisotopic (exact) mass is 113 g/mol. The summed E-state index contributed by atoms with van der Waals surface area (Å²) in [5, 5.41) is 0. The number of amides is 1. The highest BCUT2D eigenvalue weighted by molar-refractivity contribution is 5.77. The first-order valence-corrected chi connectivity index (χ1v) is 3.01. The molecule has 1 aliphatic carbocycles. The quantitative estimate of drug-likeness (QED) is 0.529. The average molecular weight is 113 g/mol. The van der Waals surface area contributed by atoms with Crippen molar-refractivity contribution >= 4 is 5.91 Å². The minimum atomic E-state index is -0.122. The summed E-state index contributed by atoms with van der Waals surface area (Å²) in [6.07, 6.45) is 2.18. The van der Waals surface area contributed by atoms with Crippen LogP contribution in [0.5, 0.6) is 0 Å². The lowest BCUT2D eigenvalue weighted by molar-refractivity contribution is -0.126. The van der Waals surface area contributed by atoms with Gasteiger partial charge in [-0.1, -0.05) is 6.92 Å². The van der Waals surface area contributed by atoms with Crippen LogP contribution in [0.3, 0.4) is 0 Å². The molecule has 0 aliphatic heterocycles. The molecular weight excluding hydrogens is 102 g/mol. The van der Waals surface area contributed by atoms with Crippen molar-refractivity contribution in [1.82, 2.24) is 0 Å². The maximum atomic E-state index is 10.4. The van der Waals surface area contributed by atoms with Gasteiger partial charge in [0.05, 0.1) is 0 Å². The van der Waals surface area contributed by atoms with Gasteiger partial charge in [-0.25, -0.2) is 0 Å². The zero-order chi connectivity index (χ0) is 6.15. The minimum absolute atomic E-state index is 0.122. The zero-order valence-corrected chi connectivity index (χ0v) is 5.05. The Hall–Kier alpha value is -0.530. The molecule has 0 unspecified atom stereocenters. The summed E-state index contributed by atoms with van der Waals surface area (Å²) in [7, 11) is 0. The predicted molar refractivity (Wildman–Crippen MR) is 31.1 cm³/mol. The van der Waals surface area contributed by atoms with Crippen LogP contribution in [0.2, 0.25) is 0 Å². The molecule has 0 spiro atoms. The van der Waals surface area contributed by atoms with Gasteiger partial charge in [-0.05, 0) is 18.8 Å². The Morgan fingerprint density at radius 3 is 2.25 bits per heavy atom. The van der Waals surface area contributed by atoms with Crippen LogP contribution < -0.4 is 5.73 Å². The standard InChI is InChI=1S/C6H11NO/c1-4-2-3-5(4)6(7)8/h4-5H,2-3H2,1H3,(H2,7,8)/t4-,5-/m1/s1. The molecule has 0 aromatic carbocycles. The topological polar surface area (TPSA) is 43.1 Å². The van der Waals surface area contributed by atoms with Crippen molar-refractivity contribution in [3.63, 3.8) is 0 Å². The highest BCUT2D eigenvalue weighted by Gasteiger charge is 2.30. The summed E-state index contributed by atoms with van der Waals surface area (Å²) in [5.74, 6) is 0.617. The van der Waals surface area contributed by atoms with Crippen LogP contribution >= 0.6 is 0 Å². The third kappa shape index (κ3) is 0.703. The van der Waals surface area contributed by atoms with Crippen LogP contribution in [0.4, 0.5) is 0 Å². The first-order valence-electron chi connectivity index (χ1n) is 3.01. The number of carbonyl (C=O) groups is 1. The van der Waals surface area contributed by atoms with Gasteiger partial charge in [0.1, 0.15) is 0 Å². The number of nitrogens with two attached hydrogens (primary N) is 1. The molecule has 1 saturated carbocycles. The Kier molecular flexibility index (Phi) is 1.24. The number of primary amides is 1. The van der Waals surface area contributed by atoms with Crippen molar-refractivity contribution in [2.45, 2.75) is 19.8 Å². The molecule has 0 aromatic rings. The van der Waals surface area contributed by atoms with Gasteiger partial charge in [0.2, 0.25) is 5.91 Å². The minimum Gasteiger partial charge on any atom is -0.369 e. The Morgan fingerprint density at radius 1 is 1.62 bits per heavy atom. The molecule has 1 rings (SSSR count). The molecule has 46 valence electrons. The Labute approximate surface area is 49.1 Å². The molecule has 0 radical (unpaired) electrons. The molecule has 0 aromatic heterocycles. The van der Waals surface area contributed by atoms with Gasteiger partial charge in [-0.2, -0.15) is 0 Å². The Balaban J connectivity index is 2.37. The first-order chi connectivity index (χ1) is 3.72. The van der Waals surface area contributed by atoms with E-state index in [1.165, 1.54) is 6.42 Å². The first kappa shape index (κ1) is 5.60. The fourth-order valence-electron chi connectivity index (χ4n) is 1.09. The van der Waals surface area contributed by atoms with Crippen molar-refractivity contribution < 1.29 is 4.79 Å². The summed E-state index contributed by atoms with van der Waals surface area (Å²) in [6.45, 7) is 2.07. The Bertz CT molecular complexity index is 111. The van der Waals surface area contributed by atoms with E-state index in [0.29, 0.717) is 5.92 Å². The molecule has 2 N–H and O–H groups in total. The van der Waals surface area contributed by atoms with Crippen LogP contribution in [-0.2, 0) is 4.79 Å². The van der Waals surface area contributed by atoms with Crippen LogP contribution in [-0.4, -0.2) is 5.91 Å². The molecule has 2 heteroatoms. The molecule has 8 heavy (non-hydrogen) atoms. The van der Waals surface area contributed by atoms with E-state index in [9.17, 15) is 4.79 Å². The SMILES string of the molecule is C[C@@H]1CC[C@H]1C(N)=O. The van der Waals surface area contributed by atoms with Gasteiger partial charge >= 0.3 is 0 Å². The summed E-state index contributed by atoms with van der Waals surface area (Å²) in [6, 6.07) is 0. The maximum absolute atomic E-state index is 10.4. The van der Waals surface area contributed by atoms with E-state index in [1.54, 1.807) is 0 Å². The van der Waals surface area contributed by atoms with E-state index < -0.39 is 0 Å². The summed E-state index contributed by atoms with van der Waals surface area (Å²) in [5.41, 5.74) is 5.05. The van der Waals surface area contributed by atoms with E-state index in [2.05, 4.69) is 6.92 Å². The van der Waals surface area contributed by atoms with E-state index in [0.717, 1.165) is 6.42 Å². The third-order valence-electron chi connectivity index (χ3n) is 1.99. The highest BCUT2D eigenvalue weighted by Crippen LogP contribution is 2.32. The van der Waals surface area contributed by atoms with Crippen LogP contribution in [0, 0.1) is 11.8 Å². The molecular formula is C6H11NO. The molecule has 2 nitrogen and oxygen atoms in total. The average Bonchev–Trinajstić information content (AvgIpc) is 1.61. The number of carbonyl (C=O) groups excluding carboxylic acids is 1. The number of rotatable bonds is 1. The summed E-state index contributed by atoms with van der Waals surface area (Å²) in [4.78, 5) is 10.4. The van der Waals surface area contributed by atoms with Crippen molar-refractivity contribution in [2.24, 2.45) is 17.6 Å². The second-order valence-electron chi connectivity index (χ2n) is 2.56. The highest BCUT2D eigenvalue weighted by atomic mass is 16.1. The molecule has 2 atom stereocenters. The lowest BCUT2D eigenvalue weighted by atomic mass is 9.75. The fourth-order valence-corrected chi connectivity index (χ4v) is 1.09. The van der Waals surface area contributed by atoms with E-state index in [-0.39, 0.29) is 11.8 Å².